The van der Waals surface area contributed by atoms with E-state index in [1.54, 1.807) is 0 Å². The maximum atomic E-state index is 5.78. The van der Waals surface area contributed by atoms with Gasteiger partial charge in [0.15, 0.2) is 0 Å². The zero-order chi connectivity index (χ0) is 12.4. The Morgan fingerprint density at radius 3 is 2.31 bits per heavy atom. The molecule has 2 nitrogen and oxygen atoms in total. The van der Waals surface area contributed by atoms with Gasteiger partial charge in [-0.2, -0.15) is 5.10 Å². The number of halogens is 1. The molecule has 0 aliphatic heterocycles. The quantitative estimate of drug-likeness (QED) is 0.333. The van der Waals surface area contributed by atoms with Crippen LogP contribution in [0.3, 0.4) is 0 Å². The molecule has 0 heterocycles. The lowest BCUT2D eigenvalue weighted by molar-refractivity contribution is 0.433. The Balaban J connectivity index is 3.96. The second kappa shape index (κ2) is 9.71. The molecule has 0 saturated carbocycles. The summed E-state index contributed by atoms with van der Waals surface area (Å²) in [7, 11) is 3.92. The van der Waals surface area contributed by atoms with Crippen molar-refractivity contribution in [3.63, 3.8) is 0 Å². The summed E-state index contributed by atoms with van der Waals surface area (Å²) in [4.78, 5) is 0. The van der Waals surface area contributed by atoms with Crippen molar-refractivity contribution in [3.8, 4) is 0 Å². The predicted octanol–water partition coefficient (Wildman–Crippen LogP) is 4.41. The van der Waals surface area contributed by atoms with Gasteiger partial charge in [-0.3, -0.25) is 0 Å². The Morgan fingerprint density at radius 2 is 1.81 bits per heavy atom. The molecule has 16 heavy (non-hydrogen) atoms. The third-order valence-corrected chi connectivity index (χ3v) is 2.53. The van der Waals surface area contributed by atoms with Crippen molar-refractivity contribution < 1.29 is 0 Å². The van der Waals surface area contributed by atoms with Crippen LogP contribution in [0.15, 0.2) is 16.7 Å². The van der Waals surface area contributed by atoms with Crippen LogP contribution in [0.4, 0.5) is 0 Å². The molecule has 0 atom stereocenters. The molecule has 3 heteroatoms. The molecule has 0 aromatic carbocycles. The van der Waals surface area contributed by atoms with Crippen molar-refractivity contribution >= 4 is 17.3 Å². The van der Waals surface area contributed by atoms with Crippen molar-refractivity contribution in [2.45, 2.75) is 51.9 Å². The van der Waals surface area contributed by atoms with Gasteiger partial charge in [-0.25, -0.2) is 0 Å². The summed E-state index contributed by atoms with van der Waals surface area (Å²) in [5, 5.41) is 7.09. The van der Waals surface area contributed by atoms with Crippen LogP contribution < -0.4 is 0 Å². The highest BCUT2D eigenvalue weighted by Crippen LogP contribution is 2.12. The maximum Gasteiger partial charge on any atom is 0.0384 e. The van der Waals surface area contributed by atoms with Gasteiger partial charge in [0.2, 0.25) is 0 Å². The molecule has 0 amide bonds. The number of hydrogen-bond donors (Lipinski definition) is 0. The molecule has 0 rings (SSSR count). The fraction of sp³-hybridized carbons (Fsp3) is 0.769. The average Bonchev–Trinajstić information content (AvgIpc) is 2.19. The summed E-state index contributed by atoms with van der Waals surface area (Å²) in [6.07, 6.45) is 7.98. The first-order chi connectivity index (χ1) is 7.56. The topological polar surface area (TPSA) is 15.6 Å². The molecule has 0 aromatic rings. The Labute approximate surface area is 105 Å². The number of rotatable bonds is 9. The highest BCUT2D eigenvalue weighted by atomic mass is 35.5. The lowest BCUT2D eigenvalue weighted by Gasteiger charge is -2.10. The van der Waals surface area contributed by atoms with E-state index in [0.717, 1.165) is 24.3 Å². The molecule has 0 N–H and O–H groups in total. The first kappa shape index (κ1) is 15.5. The lowest BCUT2D eigenvalue weighted by Crippen LogP contribution is -2.09. The van der Waals surface area contributed by atoms with Crippen LogP contribution >= 0.6 is 11.6 Å². The summed E-state index contributed by atoms with van der Waals surface area (Å²) in [5.41, 5.74) is 1.24. The van der Waals surface area contributed by atoms with E-state index in [1.807, 2.05) is 19.1 Å². The molecule has 0 radical (unpaired) electrons. The van der Waals surface area contributed by atoms with E-state index in [1.165, 1.54) is 31.4 Å². The van der Waals surface area contributed by atoms with E-state index < -0.39 is 0 Å². The third kappa shape index (κ3) is 10.0. The molecule has 0 fully saturated rings. The fourth-order valence-corrected chi connectivity index (χ4v) is 1.64. The summed E-state index contributed by atoms with van der Waals surface area (Å²) in [6, 6.07) is 0. The van der Waals surface area contributed by atoms with Gasteiger partial charge in [0.1, 0.15) is 0 Å². The van der Waals surface area contributed by atoms with E-state index in [2.05, 4.69) is 18.6 Å². The zero-order valence-corrected chi connectivity index (χ0v) is 11.7. The van der Waals surface area contributed by atoms with E-state index in [0.29, 0.717) is 0 Å². The Bertz CT molecular complexity index is 222. The summed E-state index contributed by atoms with van der Waals surface area (Å²) < 4.78 is 0. The number of unbranched alkanes of at least 4 members (excludes halogenated alkanes) is 3. The van der Waals surface area contributed by atoms with Crippen molar-refractivity contribution in [2.24, 2.45) is 5.10 Å². The van der Waals surface area contributed by atoms with Gasteiger partial charge in [-0.05, 0) is 25.7 Å². The van der Waals surface area contributed by atoms with Crippen LogP contribution in [-0.4, -0.2) is 24.8 Å². The van der Waals surface area contributed by atoms with E-state index in [9.17, 15) is 0 Å². The third-order valence-electron chi connectivity index (χ3n) is 2.35. The molecule has 0 aliphatic rings. The minimum absolute atomic E-state index is 0.722. The highest BCUT2D eigenvalue weighted by Gasteiger charge is 2.02. The van der Waals surface area contributed by atoms with Gasteiger partial charge in [-0.1, -0.05) is 44.4 Å². The molecule has 0 aromatic heterocycles. The smallest absolute Gasteiger partial charge is 0.0384 e. The molecule has 94 valence electrons. The van der Waals surface area contributed by atoms with E-state index in [4.69, 9.17) is 11.6 Å². The molecule has 0 unspecified atom stereocenters. The number of nitrogens with zero attached hydrogens (tertiary/aromatic N) is 2. The second-order valence-electron chi connectivity index (χ2n) is 4.34. The number of hydrazone groups is 1. The van der Waals surface area contributed by atoms with Gasteiger partial charge in [0.25, 0.3) is 0 Å². The van der Waals surface area contributed by atoms with Crippen LogP contribution in [0.2, 0.25) is 0 Å². The maximum absolute atomic E-state index is 5.78. The Kier molecular flexibility index (Phi) is 9.40. The summed E-state index contributed by atoms with van der Waals surface area (Å²) in [5.74, 6) is 0. The summed E-state index contributed by atoms with van der Waals surface area (Å²) >= 11 is 5.78. The van der Waals surface area contributed by atoms with Crippen LogP contribution in [0.25, 0.3) is 0 Å². The minimum Gasteiger partial charge on any atom is -0.303 e. The molecule has 0 aliphatic carbocycles. The zero-order valence-electron chi connectivity index (χ0n) is 10.9. The van der Waals surface area contributed by atoms with Crippen LogP contribution in [0.5, 0.6) is 0 Å². The molecular formula is C13H25ClN2. The van der Waals surface area contributed by atoms with Crippen molar-refractivity contribution in [3.05, 3.63) is 11.6 Å². The largest absolute Gasteiger partial charge is 0.303 e. The lowest BCUT2D eigenvalue weighted by atomic mass is 10.1. The van der Waals surface area contributed by atoms with E-state index in [-0.39, 0.29) is 0 Å². The Hall–Kier alpha value is -0.500. The van der Waals surface area contributed by atoms with Crippen LogP contribution in [-0.2, 0) is 0 Å². The fourth-order valence-electron chi connectivity index (χ4n) is 1.54. The molecule has 0 spiro atoms. The predicted molar refractivity (Wildman–Crippen MR) is 74.1 cm³/mol. The van der Waals surface area contributed by atoms with Crippen molar-refractivity contribution in [2.75, 3.05) is 14.1 Å². The van der Waals surface area contributed by atoms with Crippen molar-refractivity contribution in [1.82, 2.24) is 5.01 Å². The minimum atomic E-state index is 0.722. The number of allylic oxidation sites excluding steroid dienone is 1. The van der Waals surface area contributed by atoms with Gasteiger partial charge < -0.3 is 5.01 Å². The monoisotopic (exact) mass is 244 g/mol. The molecule has 0 saturated heterocycles. The van der Waals surface area contributed by atoms with Gasteiger partial charge >= 0.3 is 0 Å². The van der Waals surface area contributed by atoms with Gasteiger partial charge in [0, 0.05) is 24.8 Å². The summed E-state index contributed by atoms with van der Waals surface area (Å²) in [6.45, 7) is 5.94. The van der Waals surface area contributed by atoms with Gasteiger partial charge in [0.05, 0.1) is 0 Å². The molecular weight excluding hydrogens is 220 g/mol. The van der Waals surface area contributed by atoms with Crippen LogP contribution in [0.1, 0.15) is 51.9 Å². The highest BCUT2D eigenvalue weighted by molar-refractivity contribution is 6.29. The number of hydrogen-bond acceptors (Lipinski definition) is 2. The standard InChI is InChI=1S/C13H25ClN2/c1-5-6-7-8-9-13(15-16(3)4)11-10-12(2)14/h2,5-11H2,1,3-4H3. The Morgan fingerprint density at radius 1 is 1.12 bits per heavy atom. The normalized spacial score (nSPS) is 11.6. The first-order valence-corrected chi connectivity index (χ1v) is 6.51. The van der Waals surface area contributed by atoms with Crippen molar-refractivity contribution in [1.29, 1.82) is 0 Å². The second-order valence-corrected chi connectivity index (χ2v) is 4.88. The molecule has 0 bridgehead atoms. The average molecular weight is 245 g/mol. The van der Waals surface area contributed by atoms with Crippen LogP contribution in [0, 0.1) is 0 Å². The SMILES string of the molecule is C=C(Cl)CCC(CCCCCC)=NN(C)C. The van der Waals surface area contributed by atoms with E-state index >= 15 is 0 Å². The first-order valence-electron chi connectivity index (χ1n) is 6.13. The van der Waals surface area contributed by atoms with Gasteiger partial charge in [-0.15, -0.1) is 0 Å².